The number of nitrogens with one attached hydrogen (secondary N) is 1. The molecule has 1 heterocycles. The van der Waals surface area contributed by atoms with Gasteiger partial charge in [0.1, 0.15) is 16.8 Å². The zero-order valence-corrected chi connectivity index (χ0v) is 17.8. The third-order valence-corrected chi connectivity index (χ3v) is 4.91. The fourth-order valence-corrected chi connectivity index (χ4v) is 3.14. The van der Waals surface area contributed by atoms with Crippen molar-refractivity contribution in [1.29, 1.82) is 0 Å². The van der Waals surface area contributed by atoms with E-state index >= 15 is 0 Å². The number of nitrogens with zero attached hydrogens (tertiary/aromatic N) is 2. The first-order valence-electron chi connectivity index (χ1n) is 9.95. The van der Waals surface area contributed by atoms with Gasteiger partial charge >= 0.3 is 5.97 Å². The van der Waals surface area contributed by atoms with Crippen molar-refractivity contribution in [2.24, 2.45) is 0 Å². The van der Waals surface area contributed by atoms with Crippen molar-refractivity contribution >= 4 is 28.6 Å². The molecule has 0 spiro atoms. The summed E-state index contributed by atoms with van der Waals surface area (Å²) < 4.78 is 5.23. The SMILES string of the molecule is CCCc1cc(CC)ccc1Cl.O=C(Oc1ccccc1)c1ccc2n[nH]nc2c1. The predicted molar refractivity (Wildman–Crippen MR) is 120 cm³/mol. The molecule has 4 aromatic rings. The maximum atomic E-state index is 11.9. The number of aromatic amines is 1. The molecular weight excluding hydrogens is 398 g/mol. The number of para-hydroxylation sites is 1. The molecule has 5 nitrogen and oxygen atoms in total. The van der Waals surface area contributed by atoms with E-state index in [2.05, 4.69) is 41.4 Å². The lowest BCUT2D eigenvalue weighted by Gasteiger charge is -2.04. The van der Waals surface area contributed by atoms with Gasteiger partial charge in [-0.25, -0.2) is 4.79 Å². The van der Waals surface area contributed by atoms with Crippen molar-refractivity contribution < 1.29 is 9.53 Å². The maximum Gasteiger partial charge on any atom is 0.343 e. The molecule has 0 unspecified atom stereocenters. The van der Waals surface area contributed by atoms with Gasteiger partial charge in [0.25, 0.3) is 0 Å². The van der Waals surface area contributed by atoms with E-state index in [1.165, 1.54) is 11.1 Å². The minimum atomic E-state index is -0.411. The molecule has 0 amide bonds. The van der Waals surface area contributed by atoms with Crippen LogP contribution in [0.25, 0.3) is 11.0 Å². The average molecular weight is 422 g/mol. The van der Waals surface area contributed by atoms with Gasteiger partial charge in [0, 0.05) is 5.02 Å². The van der Waals surface area contributed by atoms with Gasteiger partial charge in [0.2, 0.25) is 0 Å². The second-order valence-electron chi connectivity index (χ2n) is 6.76. The monoisotopic (exact) mass is 421 g/mol. The van der Waals surface area contributed by atoms with Crippen LogP contribution >= 0.6 is 11.6 Å². The van der Waals surface area contributed by atoms with Gasteiger partial charge in [0.05, 0.1) is 5.56 Å². The van der Waals surface area contributed by atoms with Gasteiger partial charge in [0.15, 0.2) is 0 Å². The van der Waals surface area contributed by atoms with E-state index in [9.17, 15) is 4.79 Å². The summed E-state index contributed by atoms with van der Waals surface area (Å²) in [5, 5.41) is 11.3. The van der Waals surface area contributed by atoms with Gasteiger partial charge < -0.3 is 4.74 Å². The van der Waals surface area contributed by atoms with Crippen molar-refractivity contribution in [3.05, 3.63) is 88.4 Å². The molecule has 154 valence electrons. The summed E-state index contributed by atoms with van der Waals surface area (Å²) in [5.74, 6) is 0.105. The minimum absolute atomic E-state index is 0.411. The smallest absolute Gasteiger partial charge is 0.343 e. The standard InChI is InChI=1S/C13H9N3O2.C11H15Cl/c17-13(18-10-4-2-1-3-5-10)9-6-7-11-12(8-9)15-16-14-11;1-3-5-10-8-9(4-2)6-7-11(10)12/h1-8H,(H,14,15,16);6-8H,3-5H2,1-2H3. The van der Waals surface area contributed by atoms with Crippen molar-refractivity contribution in [3.8, 4) is 5.75 Å². The highest BCUT2D eigenvalue weighted by Crippen LogP contribution is 2.19. The molecule has 30 heavy (non-hydrogen) atoms. The molecule has 0 aliphatic heterocycles. The Balaban J connectivity index is 0.000000187. The summed E-state index contributed by atoms with van der Waals surface area (Å²) in [6.07, 6.45) is 3.34. The number of H-pyrrole nitrogens is 1. The van der Waals surface area contributed by atoms with Crippen LogP contribution < -0.4 is 4.74 Å². The zero-order chi connectivity index (χ0) is 21.3. The number of carbonyl (C=O) groups is 1. The second-order valence-corrected chi connectivity index (χ2v) is 7.17. The van der Waals surface area contributed by atoms with E-state index in [0.29, 0.717) is 22.3 Å². The van der Waals surface area contributed by atoms with Crippen LogP contribution in [-0.4, -0.2) is 21.4 Å². The maximum absolute atomic E-state index is 11.9. The summed E-state index contributed by atoms with van der Waals surface area (Å²) in [4.78, 5) is 11.9. The number of aryl methyl sites for hydroxylation is 2. The highest BCUT2D eigenvalue weighted by molar-refractivity contribution is 6.31. The number of aromatic nitrogens is 3. The van der Waals surface area contributed by atoms with E-state index in [0.717, 1.165) is 24.3 Å². The largest absolute Gasteiger partial charge is 0.423 e. The molecule has 0 aliphatic rings. The summed E-state index contributed by atoms with van der Waals surface area (Å²) >= 11 is 6.03. The predicted octanol–water partition coefficient (Wildman–Crippen LogP) is 6.03. The van der Waals surface area contributed by atoms with Gasteiger partial charge in [-0.15, -0.1) is 0 Å². The van der Waals surface area contributed by atoms with E-state index in [1.54, 1.807) is 30.3 Å². The Morgan fingerprint density at radius 1 is 0.967 bits per heavy atom. The van der Waals surface area contributed by atoms with Crippen LogP contribution in [0.3, 0.4) is 0 Å². The fourth-order valence-electron chi connectivity index (χ4n) is 2.93. The Bertz CT molecular complexity index is 1110. The Hall–Kier alpha value is -3.18. The van der Waals surface area contributed by atoms with Crippen LogP contribution in [0.5, 0.6) is 5.75 Å². The summed E-state index contributed by atoms with van der Waals surface area (Å²) in [7, 11) is 0. The lowest BCUT2D eigenvalue weighted by Crippen LogP contribution is -2.08. The van der Waals surface area contributed by atoms with E-state index < -0.39 is 5.97 Å². The topological polar surface area (TPSA) is 67.9 Å². The molecule has 1 N–H and O–H groups in total. The van der Waals surface area contributed by atoms with Crippen molar-refractivity contribution in [3.63, 3.8) is 0 Å². The number of carbonyl (C=O) groups excluding carboxylic acids is 1. The molecule has 0 atom stereocenters. The summed E-state index contributed by atoms with van der Waals surface area (Å²) in [6.45, 7) is 4.34. The molecule has 1 aromatic heterocycles. The highest BCUT2D eigenvalue weighted by Gasteiger charge is 2.10. The van der Waals surface area contributed by atoms with Crippen molar-refractivity contribution in [1.82, 2.24) is 15.4 Å². The van der Waals surface area contributed by atoms with Gasteiger partial charge in [-0.05, 0) is 60.4 Å². The lowest BCUT2D eigenvalue weighted by atomic mass is 10.1. The van der Waals surface area contributed by atoms with E-state index in [4.69, 9.17) is 16.3 Å². The van der Waals surface area contributed by atoms with Gasteiger partial charge in [-0.3, -0.25) is 0 Å². The Morgan fingerprint density at radius 2 is 1.73 bits per heavy atom. The number of halogens is 1. The minimum Gasteiger partial charge on any atom is -0.423 e. The Labute approximate surface area is 181 Å². The molecule has 0 aliphatic carbocycles. The molecule has 0 saturated heterocycles. The number of esters is 1. The average Bonchev–Trinajstić information content (AvgIpc) is 3.24. The summed E-state index contributed by atoms with van der Waals surface area (Å²) in [5.41, 5.74) is 4.46. The van der Waals surface area contributed by atoms with Gasteiger partial charge in [-0.1, -0.05) is 62.2 Å². The molecule has 0 radical (unpaired) electrons. The van der Waals surface area contributed by atoms with Crippen LogP contribution in [0.15, 0.2) is 66.7 Å². The summed E-state index contributed by atoms with van der Waals surface area (Å²) in [6, 6.07) is 20.3. The van der Waals surface area contributed by atoms with E-state index in [-0.39, 0.29) is 0 Å². The number of hydrogen-bond acceptors (Lipinski definition) is 4. The quantitative estimate of drug-likeness (QED) is 0.315. The number of ether oxygens (including phenoxy) is 1. The second kappa shape index (κ2) is 10.6. The van der Waals surface area contributed by atoms with E-state index in [1.807, 2.05) is 24.3 Å². The molecule has 0 saturated carbocycles. The molecule has 3 aromatic carbocycles. The van der Waals surface area contributed by atoms with Crippen LogP contribution in [-0.2, 0) is 12.8 Å². The molecule has 0 bridgehead atoms. The highest BCUT2D eigenvalue weighted by atomic mass is 35.5. The van der Waals surface area contributed by atoms with Crippen LogP contribution in [0, 0.1) is 0 Å². The first kappa shape index (κ1) is 21.5. The zero-order valence-electron chi connectivity index (χ0n) is 17.1. The number of rotatable bonds is 5. The molecule has 6 heteroatoms. The Kier molecular flexibility index (Phi) is 7.57. The van der Waals surface area contributed by atoms with Gasteiger partial charge in [-0.2, -0.15) is 15.4 Å². The third kappa shape index (κ3) is 5.67. The normalized spacial score (nSPS) is 10.4. The van der Waals surface area contributed by atoms with Crippen LogP contribution in [0.4, 0.5) is 0 Å². The molecular formula is C24H24ClN3O2. The van der Waals surface area contributed by atoms with Crippen LogP contribution in [0.2, 0.25) is 5.02 Å². The molecule has 4 rings (SSSR count). The molecule has 0 fully saturated rings. The van der Waals surface area contributed by atoms with Crippen molar-refractivity contribution in [2.75, 3.05) is 0 Å². The first-order chi connectivity index (χ1) is 14.6. The third-order valence-electron chi connectivity index (χ3n) is 4.54. The number of hydrogen-bond donors (Lipinski definition) is 1. The first-order valence-corrected chi connectivity index (χ1v) is 10.3. The lowest BCUT2D eigenvalue weighted by molar-refractivity contribution is 0.0735. The fraction of sp³-hybridized carbons (Fsp3) is 0.208. The Morgan fingerprint density at radius 3 is 2.47 bits per heavy atom. The van der Waals surface area contributed by atoms with Crippen molar-refractivity contribution in [2.45, 2.75) is 33.1 Å². The number of benzene rings is 3. The van der Waals surface area contributed by atoms with Crippen LogP contribution in [0.1, 0.15) is 41.8 Å². The number of fused-ring (bicyclic) bond motifs is 1.